The fourth-order valence-corrected chi connectivity index (χ4v) is 4.02. The minimum absolute atomic E-state index is 0.0273. The number of rotatable bonds is 6. The van der Waals surface area contributed by atoms with Crippen molar-refractivity contribution < 1.29 is 27.5 Å². The predicted octanol–water partition coefficient (Wildman–Crippen LogP) is 3.41. The first kappa shape index (κ1) is 22.8. The zero-order valence-electron chi connectivity index (χ0n) is 17.5. The highest BCUT2D eigenvalue weighted by molar-refractivity contribution is 7.89. The number of ether oxygens (including phenoxy) is 2. The molecule has 0 spiro atoms. The van der Waals surface area contributed by atoms with Gasteiger partial charge in [-0.05, 0) is 61.7 Å². The maximum atomic E-state index is 12.9. The molecule has 0 heterocycles. The maximum absolute atomic E-state index is 12.9. The SMILES string of the molecule is CC(=O)Oc1ccc2cc(S(=O)(=O)N[C@@H](C(=O)OC(C)(C)C)C(C)C)ccc2c1. The van der Waals surface area contributed by atoms with E-state index in [1.54, 1.807) is 58.9 Å². The van der Waals surface area contributed by atoms with Crippen LogP contribution in [0.1, 0.15) is 41.5 Å². The average Bonchev–Trinajstić information content (AvgIpc) is 2.56. The Balaban J connectivity index is 2.32. The van der Waals surface area contributed by atoms with Crippen LogP contribution in [0.5, 0.6) is 5.75 Å². The van der Waals surface area contributed by atoms with E-state index in [2.05, 4.69) is 4.72 Å². The van der Waals surface area contributed by atoms with Crippen molar-refractivity contribution in [1.82, 2.24) is 4.72 Å². The van der Waals surface area contributed by atoms with Gasteiger partial charge in [0.2, 0.25) is 10.0 Å². The van der Waals surface area contributed by atoms with Gasteiger partial charge in [0.15, 0.2) is 0 Å². The van der Waals surface area contributed by atoms with Crippen molar-refractivity contribution in [1.29, 1.82) is 0 Å². The minimum Gasteiger partial charge on any atom is -0.459 e. The highest BCUT2D eigenvalue weighted by Crippen LogP contribution is 2.24. The molecule has 158 valence electrons. The third-order valence-electron chi connectivity index (χ3n) is 3.96. The first-order valence-corrected chi connectivity index (χ1v) is 10.7. The lowest BCUT2D eigenvalue weighted by molar-refractivity contribution is -0.158. The molecule has 8 heteroatoms. The topological polar surface area (TPSA) is 98.8 Å². The van der Waals surface area contributed by atoms with Gasteiger partial charge >= 0.3 is 11.9 Å². The Hall–Kier alpha value is -2.45. The maximum Gasteiger partial charge on any atom is 0.324 e. The fraction of sp³-hybridized carbons (Fsp3) is 0.429. The van der Waals surface area contributed by atoms with Gasteiger partial charge in [-0.3, -0.25) is 9.59 Å². The van der Waals surface area contributed by atoms with Crippen molar-refractivity contribution in [3.05, 3.63) is 36.4 Å². The number of hydrogen-bond donors (Lipinski definition) is 1. The van der Waals surface area contributed by atoms with Crippen LogP contribution in [0.15, 0.2) is 41.3 Å². The number of nitrogens with one attached hydrogen (secondary N) is 1. The number of sulfonamides is 1. The van der Waals surface area contributed by atoms with E-state index in [9.17, 15) is 18.0 Å². The van der Waals surface area contributed by atoms with E-state index >= 15 is 0 Å². The average molecular weight is 422 g/mol. The molecular formula is C21H27NO6S. The van der Waals surface area contributed by atoms with E-state index in [-0.39, 0.29) is 10.8 Å². The summed E-state index contributed by atoms with van der Waals surface area (Å²) in [6.07, 6.45) is 0. The lowest BCUT2D eigenvalue weighted by Crippen LogP contribution is -2.47. The number of carbonyl (C=O) groups is 2. The molecule has 0 radical (unpaired) electrons. The van der Waals surface area contributed by atoms with Gasteiger partial charge in [0, 0.05) is 6.92 Å². The van der Waals surface area contributed by atoms with Crippen LogP contribution in [0.25, 0.3) is 10.8 Å². The summed E-state index contributed by atoms with van der Waals surface area (Å²) in [6.45, 7) is 9.97. The van der Waals surface area contributed by atoms with Crippen LogP contribution in [0.2, 0.25) is 0 Å². The monoisotopic (exact) mass is 421 g/mol. The van der Waals surface area contributed by atoms with Crippen LogP contribution in [0.4, 0.5) is 0 Å². The number of esters is 2. The van der Waals surface area contributed by atoms with Crippen molar-refractivity contribution in [2.45, 2.75) is 58.1 Å². The van der Waals surface area contributed by atoms with Gasteiger partial charge in [-0.1, -0.05) is 26.0 Å². The highest BCUT2D eigenvalue weighted by Gasteiger charge is 2.32. The van der Waals surface area contributed by atoms with Gasteiger partial charge in [0.25, 0.3) is 0 Å². The fourth-order valence-electron chi connectivity index (χ4n) is 2.66. The molecule has 2 rings (SSSR count). The first-order valence-electron chi connectivity index (χ1n) is 9.26. The van der Waals surface area contributed by atoms with Crippen molar-refractivity contribution in [2.24, 2.45) is 5.92 Å². The zero-order valence-corrected chi connectivity index (χ0v) is 18.3. The summed E-state index contributed by atoms with van der Waals surface area (Å²) in [7, 11) is -3.96. The highest BCUT2D eigenvalue weighted by atomic mass is 32.2. The summed E-state index contributed by atoms with van der Waals surface area (Å²) in [5.74, 6) is -0.979. The predicted molar refractivity (Wildman–Crippen MR) is 110 cm³/mol. The molecule has 0 aromatic heterocycles. The second kappa shape index (κ2) is 8.51. The van der Waals surface area contributed by atoms with Gasteiger partial charge in [0.1, 0.15) is 17.4 Å². The van der Waals surface area contributed by atoms with Crippen LogP contribution in [-0.4, -0.2) is 32.0 Å². The number of hydrogen-bond acceptors (Lipinski definition) is 6. The molecule has 1 N–H and O–H groups in total. The molecule has 2 aromatic carbocycles. The van der Waals surface area contributed by atoms with E-state index in [1.165, 1.54) is 19.1 Å². The second-order valence-electron chi connectivity index (χ2n) is 8.14. The van der Waals surface area contributed by atoms with E-state index in [0.29, 0.717) is 11.1 Å². The quantitative estimate of drug-likeness (QED) is 0.567. The van der Waals surface area contributed by atoms with Gasteiger partial charge in [-0.15, -0.1) is 0 Å². The van der Waals surface area contributed by atoms with Gasteiger partial charge in [-0.25, -0.2) is 8.42 Å². The number of carbonyl (C=O) groups excluding carboxylic acids is 2. The lowest BCUT2D eigenvalue weighted by atomic mass is 10.1. The summed E-state index contributed by atoms with van der Waals surface area (Å²) < 4.78 is 38.6. The van der Waals surface area contributed by atoms with Crippen molar-refractivity contribution in [2.75, 3.05) is 0 Å². The molecule has 0 saturated heterocycles. The van der Waals surface area contributed by atoms with Gasteiger partial charge < -0.3 is 9.47 Å². The molecule has 0 fully saturated rings. The summed E-state index contributed by atoms with van der Waals surface area (Å²) in [4.78, 5) is 23.6. The molecule has 1 atom stereocenters. The van der Waals surface area contributed by atoms with Gasteiger partial charge in [0.05, 0.1) is 4.90 Å². The van der Waals surface area contributed by atoms with E-state index in [1.807, 2.05) is 0 Å². The smallest absolute Gasteiger partial charge is 0.324 e. The lowest BCUT2D eigenvalue weighted by Gasteiger charge is -2.26. The Bertz CT molecular complexity index is 1020. The third-order valence-corrected chi connectivity index (χ3v) is 5.40. The molecule has 29 heavy (non-hydrogen) atoms. The third kappa shape index (κ3) is 6.27. The molecule has 0 amide bonds. The van der Waals surface area contributed by atoms with Crippen molar-refractivity contribution in [3.63, 3.8) is 0 Å². The largest absolute Gasteiger partial charge is 0.459 e. The molecule has 0 aliphatic heterocycles. The molecule has 0 unspecified atom stereocenters. The van der Waals surface area contributed by atoms with Gasteiger partial charge in [-0.2, -0.15) is 4.72 Å². The van der Waals surface area contributed by atoms with E-state index < -0.39 is 33.6 Å². The van der Waals surface area contributed by atoms with Crippen LogP contribution in [0.3, 0.4) is 0 Å². The number of fused-ring (bicyclic) bond motifs is 1. The van der Waals surface area contributed by atoms with E-state index in [4.69, 9.17) is 9.47 Å². The molecule has 0 bridgehead atoms. The Morgan fingerprint density at radius 3 is 2.14 bits per heavy atom. The first-order chi connectivity index (χ1) is 13.3. The molecule has 7 nitrogen and oxygen atoms in total. The Kier molecular flexibility index (Phi) is 6.70. The molecule has 0 aliphatic rings. The molecule has 0 saturated carbocycles. The van der Waals surface area contributed by atoms with Crippen molar-refractivity contribution >= 4 is 32.7 Å². The van der Waals surface area contributed by atoms with Crippen LogP contribution in [0, 0.1) is 5.92 Å². The van der Waals surface area contributed by atoms with E-state index in [0.717, 1.165) is 5.39 Å². The second-order valence-corrected chi connectivity index (χ2v) is 9.85. The number of benzene rings is 2. The Morgan fingerprint density at radius 2 is 1.59 bits per heavy atom. The van der Waals surface area contributed by atoms with Crippen LogP contribution < -0.4 is 9.46 Å². The molecular weight excluding hydrogens is 394 g/mol. The minimum atomic E-state index is -3.96. The summed E-state index contributed by atoms with van der Waals surface area (Å²) in [5.41, 5.74) is -0.724. The van der Waals surface area contributed by atoms with Crippen LogP contribution in [-0.2, 0) is 24.3 Å². The summed E-state index contributed by atoms with van der Waals surface area (Å²) in [6, 6.07) is 8.45. The van der Waals surface area contributed by atoms with Crippen molar-refractivity contribution in [3.8, 4) is 5.75 Å². The molecule has 2 aromatic rings. The summed E-state index contributed by atoms with van der Waals surface area (Å²) >= 11 is 0. The van der Waals surface area contributed by atoms with Crippen LogP contribution >= 0.6 is 0 Å². The Morgan fingerprint density at radius 1 is 1.00 bits per heavy atom. The zero-order chi connectivity index (χ0) is 22.0. The summed E-state index contributed by atoms with van der Waals surface area (Å²) in [5, 5.41) is 1.37. The standard InChI is InChI=1S/C21H27NO6S/c1-13(2)19(20(24)28-21(4,5)6)22-29(25,26)18-10-8-15-11-17(27-14(3)23)9-7-16(15)12-18/h7-13,19,22H,1-6H3/t19-/m1/s1. The normalized spacial score (nSPS) is 13.3. The Labute approximate surface area is 171 Å². The molecule has 0 aliphatic carbocycles.